The molecule has 0 unspecified atom stereocenters. The van der Waals surface area contributed by atoms with Crippen molar-refractivity contribution in [3.8, 4) is 11.5 Å². The molecule has 0 aliphatic heterocycles. The minimum atomic E-state index is -0.512. The molecule has 0 bridgehead atoms. The quantitative estimate of drug-likeness (QED) is 0.374. The summed E-state index contributed by atoms with van der Waals surface area (Å²) in [6, 6.07) is 7.16. The highest BCUT2D eigenvalue weighted by Gasteiger charge is 2.10. The number of nitro groups is 1. The molecule has 8 heteroatoms. The van der Waals surface area contributed by atoms with Crippen LogP contribution in [0.2, 0.25) is 0 Å². The zero-order chi connectivity index (χ0) is 17.5. The van der Waals surface area contributed by atoms with E-state index in [0.717, 1.165) is 0 Å². The predicted octanol–water partition coefficient (Wildman–Crippen LogP) is 2.94. The first kappa shape index (κ1) is 16.9. The summed E-state index contributed by atoms with van der Waals surface area (Å²) in [6.45, 7) is 1.96. The Hall–Kier alpha value is -3.42. The third kappa shape index (κ3) is 4.29. The van der Waals surface area contributed by atoms with Gasteiger partial charge in [-0.05, 0) is 31.2 Å². The number of benzene rings is 1. The van der Waals surface area contributed by atoms with E-state index in [1.165, 1.54) is 42.6 Å². The Morgan fingerprint density at radius 3 is 2.67 bits per heavy atom. The van der Waals surface area contributed by atoms with Crippen molar-refractivity contribution in [2.75, 3.05) is 12.3 Å². The Bertz CT molecular complexity index is 772. The number of rotatable bonds is 6. The van der Waals surface area contributed by atoms with Gasteiger partial charge in [-0.15, -0.1) is 0 Å². The van der Waals surface area contributed by atoms with Crippen LogP contribution in [-0.2, 0) is 9.53 Å². The summed E-state index contributed by atoms with van der Waals surface area (Å²) in [6.07, 6.45) is 4.12. The molecule has 8 nitrogen and oxygen atoms in total. The van der Waals surface area contributed by atoms with Gasteiger partial charge in [0.2, 0.25) is 0 Å². The van der Waals surface area contributed by atoms with E-state index in [2.05, 4.69) is 4.98 Å². The van der Waals surface area contributed by atoms with Crippen LogP contribution in [-0.4, -0.2) is 22.5 Å². The van der Waals surface area contributed by atoms with Crippen molar-refractivity contribution < 1.29 is 19.2 Å². The number of nitro benzene ring substituents is 1. The van der Waals surface area contributed by atoms with Crippen molar-refractivity contribution in [2.45, 2.75) is 6.92 Å². The summed E-state index contributed by atoms with van der Waals surface area (Å²) in [4.78, 5) is 25.5. The molecule has 124 valence electrons. The number of anilines is 1. The van der Waals surface area contributed by atoms with Crippen LogP contribution in [0.5, 0.6) is 11.5 Å². The highest BCUT2D eigenvalue weighted by molar-refractivity contribution is 5.88. The Labute approximate surface area is 137 Å². The van der Waals surface area contributed by atoms with Gasteiger partial charge in [0.1, 0.15) is 17.3 Å². The van der Waals surface area contributed by atoms with E-state index in [-0.39, 0.29) is 18.1 Å². The molecule has 2 rings (SSSR count). The lowest BCUT2D eigenvalue weighted by Crippen LogP contribution is -2.00. The number of esters is 1. The van der Waals surface area contributed by atoms with Gasteiger partial charge in [-0.2, -0.15) is 0 Å². The van der Waals surface area contributed by atoms with Crippen molar-refractivity contribution in [2.24, 2.45) is 0 Å². The summed E-state index contributed by atoms with van der Waals surface area (Å²) in [7, 11) is 0. The summed E-state index contributed by atoms with van der Waals surface area (Å²) in [5.74, 6) is 0.408. The van der Waals surface area contributed by atoms with Gasteiger partial charge in [-0.25, -0.2) is 9.78 Å². The van der Waals surface area contributed by atoms with Crippen molar-refractivity contribution in [3.05, 3.63) is 58.3 Å². The Kier molecular flexibility index (Phi) is 5.45. The second kappa shape index (κ2) is 7.73. The molecule has 1 aromatic heterocycles. The molecule has 2 N–H and O–H groups in total. The van der Waals surface area contributed by atoms with E-state index >= 15 is 0 Å². The lowest BCUT2D eigenvalue weighted by molar-refractivity contribution is -0.384. The van der Waals surface area contributed by atoms with Crippen LogP contribution in [0.3, 0.4) is 0 Å². The van der Waals surface area contributed by atoms with E-state index in [1.807, 2.05) is 0 Å². The first-order chi connectivity index (χ1) is 11.5. The van der Waals surface area contributed by atoms with Crippen molar-refractivity contribution in [1.82, 2.24) is 4.98 Å². The third-order valence-corrected chi connectivity index (χ3v) is 2.93. The lowest BCUT2D eigenvalue weighted by Gasteiger charge is -2.10. The standard InChI is InChI=1S/C16H15N3O5/c1-2-23-15(20)8-7-13-14(9-10-18-16(13)17)24-12-5-3-11(4-6-12)19(21)22/h3-10H,2H2,1H3,(H2,17,18)/b8-7-. The van der Waals surface area contributed by atoms with Crippen molar-refractivity contribution >= 4 is 23.6 Å². The van der Waals surface area contributed by atoms with E-state index < -0.39 is 10.9 Å². The third-order valence-electron chi connectivity index (χ3n) is 2.93. The molecular formula is C16H15N3O5. The van der Waals surface area contributed by atoms with Crippen LogP contribution in [0.15, 0.2) is 42.6 Å². The van der Waals surface area contributed by atoms with E-state index in [0.29, 0.717) is 17.1 Å². The number of aromatic nitrogens is 1. The van der Waals surface area contributed by atoms with Gasteiger partial charge >= 0.3 is 5.97 Å². The van der Waals surface area contributed by atoms with Gasteiger partial charge in [0.15, 0.2) is 0 Å². The molecule has 0 radical (unpaired) electrons. The smallest absolute Gasteiger partial charge is 0.330 e. The predicted molar refractivity (Wildman–Crippen MR) is 87.5 cm³/mol. The molecular weight excluding hydrogens is 314 g/mol. The minimum Gasteiger partial charge on any atom is -0.463 e. The summed E-state index contributed by atoms with van der Waals surface area (Å²) < 4.78 is 10.5. The summed E-state index contributed by atoms with van der Waals surface area (Å²) >= 11 is 0. The SMILES string of the molecule is CCOC(=O)/C=C\c1c(Oc2ccc([N+](=O)[O-])cc2)ccnc1N. The average Bonchev–Trinajstić information content (AvgIpc) is 2.55. The maximum atomic E-state index is 11.4. The van der Waals surface area contributed by atoms with E-state index in [4.69, 9.17) is 15.2 Å². The number of non-ortho nitro benzene ring substituents is 1. The highest BCUT2D eigenvalue weighted by Crippen LogP contribution is 2.30. The molecule has 0 atom stereocenters. The number of nitrogen functional groups attached to an aromatic ring is 1. The van der Waals surface area contributed by atoms with Crippen LogP contribution in [0.1, 0.15) is 12.5 Å². The average molecular weight is 329 g/mol. The fourth-order valence-corrected chi connectivity index (χ4v) is 1.83. The van der Waals surface area contributed by atoms with Gasteiger partial charge < -0.3 is 15.2 Å². The van der Waals surface area contributed by atoms with Gasteiger partial charge in [0, 0.05) is 24.4 Å². The highest BCUT2D eigenvalue weighted by atomic mass is 16.6. The molecule has 0 saturated heterocycles. The number of hydrogen-bond donors (Lipinski definition) is 1. The van der Waals surface area contributed by atoms with Crippen LogP contribution in [0, 0.1) is 10.1 Å². The molecule has 0 amide bonds. The molecule has 24 heavy (non-hydrogen) atoms. The number of hydrogen-bond acceptors (Lipinski definition) is 7. The first-order valence-electron chi connectivity index (χ1n) is 7.03. The van der Waals surface area contributed by atoms with Crippen LogP contribution >= 0.6 is 0 Å². The molecule has 0 spiro atoms. The van der Waals surface area contributed by atoms with Crippen LogP contribution < -0.4 is 10.5 Å². The van der Waals surface area contributed by atoms with Gasteiger partial charge in [-0.3, -0.25) is 10.1 Å². The summed E-state index contributed by atoms with van der Waals surface area (Å²) in [5, 5.41) is 10.7. The summed E-state index contributed by atoms with van der Waals surface area (Å²) in [5.41, 5.74) is 6.18. The number of carbonyl (C=O) groups excluding carboxylic acids is 1. The largest absolute Gasteiger partial charge is 0.463 e. The maximum Gasteiger partial charge on any atom is 0.330 e. The molecule has 0 saturated carbocycles. The molecule has 0 aliphatic rings. The molecule has 0 aliphatic carbocycles. The number of pyridine rings is 1. The Morgan fingerprint density at radius 1 is 1.33 bits per heavy atom. The van der Waals surface area contributed by atoms with Gasteiger partial charge in [0.05, 0.1) is 17.1 Å². The molecule has 1 heterocycles. The monoisotopic (exact) mass is 329 g/mol. The molecule has 2 aromatic rings. The van der Waals surface area contributed by atoms with Gasteiger partial charge in [0.25, 0.3) is 5.69 Å². The minimum absolute atomic E-state index is 0.0426. The second-order valence-corrected chi connectivity index (χ2v) is 4.55. The maximum absolute atomic E-state index is 11.4. The van der Waals surface area contributed by atoms with Gasteiger partial charge in [-0.1, -0.05) is 0 Å². The molecule has 0 fully saturated rings. The number of carbonyl (C=O) groups is 1. The van der Waals surface area contributed by atoms with Crippen LogP contribution in [0.4, 0.5) is 11.5 Å². The lowest BCUT2D eigenvalue weighted by atomic mass is 10.2. The van der Waals surface area contributed by atoms with Crippen LogP contribution in [0.25, 0.3) is 6.08 Å². The van der Waals surface area contributed by atoms with Crippen molar-refractivity contribution in [1.29, 1.82) is 0 Å². The molecule has 1 aromatic carbocycles. The second-order valence-electron chi connectivity index (χ2n) is 4.55. The normalized spacial score (nSPS) is 10.5. The number of nitrogens with two attached hydrogens (primary N) is 1. The number of ether oxygens (including phenoxy) is 2. The fraction of sp³-hybridized carbons (Fsp3) is 0.125. The van der Waals surface area contributed by atoms with E-state index in [9.17, 15) is 14.9 Å². The Balaban J connectivity index is 2.25. The fourth-order valence-electron chi connectivity index (χ4n) is 1.83. The topological polar surface area (TPSA) is 118 Å². The van der Waals surface area contributed by atoms with Crippen molar-refractivity contribution in [3.63, 3.8) is 0 Å². The van der Waals surface area contributed by atoms with E-state index in [1.54, 1.807) is 13.0 Å². The number of nitrogens with zero attached hydrogens (tertiary/aromatic N) is 2. The zero-order valence-electron chi connectivity index (χ0n) is 12.8. The Morgan fingerprint density at radius 2 is 2.04 bits per heavy atom. The first-order valence-corrected chi connectivity index (χ1v) is 7.03. The zero-order valence-corrected chi connectivity index (χ0v) is 12.8.